The summed E-state index contributed by atoms with van der Waals surface area (Å²) in [5.41, 5.74) is 0. The van der Waals surface area contributed by atoms with Gasteiger partial charge in [0.25, 0.3) is 0 Å². The van der Waals surface area contributed by atoms with E-state index >= 15 is 0 Å². The van der Waals surface area contributed by atoms with Crippen LogP contribution in [0.5, 0.6) is 0 Å². The van der Waals surface area contributed by atoms with E-state index in [1.807, 2.05) is 6.92 Å². The molecule has 0 aliphatic carbocycles. The van der Waals surface area contributed by atoms with Crippen molar-refractivity contribution in [2.24, 2.45) is 0 Å². The zero-order valence-electron chi connectivity index (χ0n) is 8.96. The van der Waals surface area contributed by atoms with Crippen LogP contribution in [-0.4, -0.2) is 37.8 Å². The van der Waals surface area contributed by atoms with Crippen LogP contribution < -0.4 is 5.32 Å². The summed E-state index contributed by atoms with van der Waals surface area (Å²) in [5.74, 6) is -1.40. The Morgan fingerprint density at radius 1 is 1.56 bits per heavy atom. The largest absolute Gasteiger partial charge is 0.480 e. The van der Waals surface area contributed by atoms with Gasteiger partial charge in [-0.2, -0.15) is 5.10 Å². The minimum Gasteiger partial charge on any atom is -0.480 e. The van der Waals surface area contributed by atoms with E-state index in [0.717, 1.165) is 0 Å². The Morgan fingerprint density at radius 3 is 2.81 bits per heavy atom. The van der Waals surface area contributed by atoms with Crippen molar-refractivity contribution in [3.63, 3.8) is 0 Å². The lowest BCUT2D eigenvalue weighted by Gasteiger charge is -2.13. The molecule has 0 spiro atoms. The second kappa shape index (κ2) is 5.84. The Kier molecular flexibility index (Phi) is 4.43. The highest BCUT2D eigenvalue weighted by Gasteiger charge is 2.18. The summed E-state index contributed by atoms with van der Waals surface area (Å²) in [6, 6.07) is -0.832. The molecule has 1 atom stereocenters. The highest BCUT2D eigenvalue weighted by Crippen LogP contribution is 1.97. The van der Waals surface area contributed by atoms with Crippen molar-refractivity contribution in [3.8, 4) is 0 Å². The number of hydrogen-bond acceptors (Lipinski definition) is 4. The summed E-state index contributed by atoms with van der Waals surface area (Å²) in [7, 11) is 0. The standard InChI is InChI=1S/C9H14N4O3/c1-2-3-7(9(15)16)12-8(14)4-13-6-10-5-11-13/h5-7H,2-4H2,1H3,(H,12,14)(H,15,16)/t7-/m0/s1. The molecule has 0 saturated carbocycles. The molecular formula is C9H14N4O3. The van der Waals surface area contributed by atoms with Crippen molar-refractivity contribution in [3.05, 3.63) is 12.7 Å². The molecule has 88 valence electrons. The fourth-order valence-corrected chi connectivity index (χ4v) is 1.25. The number of amides is 1. The molecule has 0 radical (unpaired) electrons. The monoisotopic (exact) mass is 226 g/mol. The summed E-state index contributed by atoms with van der Waals surface area (Å²) in [4.78, 5) is 25.9. The number of carboxylic acid groups (broad SMARTS) is 1. The molecule has 0 unspecified atom stereocenters. The first-order chi connectivity index (χ1) is 7.63. The van der Waals surface area contributed by atoms with Crippen LogP contribution >= 0.6 is 0 Å². The van der Waals surface area contributed by atoms with Gasteiger partial charge >= 0.3 is 5.97 Å². The minimum absolute atomic E-state index is 0.0203. The van der Waals surface area contributed by atoms with E-state index in [1.165, 1.54) is 17.3 Å². The lowest BCUT2D eigenvalue weighted by Crippen LogP contribution is -2.42. The number of carboxylic acids is 1. The first-order valence-electron chi connectivity index (χ1n) is 4.98. The number of aliphatic carboxylic acids is 1. The van der Waals surface area contributed by atoms with Gasteiger partial charge in [-0.3, -0.25) is 4.79 Å². The SMILES string of the molecule is CCC[C@H](NC(=O)Cn1cncn1)C(=O)O. The quantitative estimate of drug-likeness (QED) is 0.690. The van der Waals surface area contributed by atoms with Gasteiger partial charge < -0.3 is 10.4 Å². The van der Waals surface area contributed by atoms with Gasteiger partial charge in [-0.25, -0.2) is 14.5 Å². The van der Waals surface area contributed by atoms with Gasteiger partial charge in [-0.1, -0.05) is 13.3 Å². The van der Waals surface area contributed by atoms with Gasteiger partial charge in [-0.15, -0.1) is 0 Å². The fraction of sp³-hybridized carbons (Fsp3) is 0.556. The molecule has 7 heteroatoms. The lowest BCUT2D eigenvalue weighted by atomic mass is 10.2. The summed E-state index contributed by atoms with van der Waals surface area (Å²) in [5, 5.41) is 15.0. The molecule has 1 rings (SSSR count). The average Bonchev–Trinajstić information content (AvgIpc) is 2.69. The zero-order valence-corrected chi connectivity index (χ0v) is 8.96. The number of hydrogen-bond donors (Lipinski definition) is 2. The Hall–Kier alpha value is -1.92. The summed E-state index contributed by atoms with van der Waals surface area (Å²) in [6.07, 6.45) is 3.82. The van der Waals surface area contributed by atoms with Crippen molar-refractivity contribution in [2.45, 2.75) is 32.4 Å². The Balaban J connectivity index is 2.45. The Labute approximate surface area is 92.5 Å². The maximum atomic E-state index is 11.4. The highest BCUT2D eigenvalue weighted by atomic mass is 16.4. The molecule has 1 aromatic heterocycles. The number of rotatable bonds is 6. The van der Waals surface area contributed by atoms with Crippen LogP contribution in [0.2, 0.25) is 0 Å². The van der Waals surface area contributed by atoms with E-state index in [4.69, 9.17) is 5.11 Å². The van der Waals surface area contributed by atoms with Crippen molar-refractivity contribution < 1.29 is 14.7 Å². The lowest BCUT2D eigenvalue weighted by molar-refractivity contribution is -0.142. The van der Waals surface area contributed by atoms with Gasteiger partial charge in [0, 0.05) is 0 Å². The number of nitrogens with zero attached hydrogens (tertiary/aromatic N) is 3. The first-order valence-corrected chi connectivity index (χ1v) is 4.98. The Bertz CT molecular complexity index is 350. The third-order valence-electron chi connectivity index (χ3n) is 1.98. The van der Waals surface area contributed by atoms with Crippen LogP contribution in [0.15, 0.2) is 12.7 Å². The van der Waals surface area contributed by atoms with Crippen molar-refractivity contribution in [1.82, 2.24) is 20.1 Å². The van der Waals surface area contributed by atoms with Crippen molar-refractivity contribution in [1.29, 1.82) is 0 Å². The van der Waals surface area contributed by atoms with Gasteiger partial charge in [0.05, 0.1) is 0 Å². The molecule has 0 saturated heterocycles. The molecule has 0 aliphatic heterocycles. The molecule has 0 aliphatic rings. The van der Waals surface area contributed by atoms with Crippen LogP contribution in [0.25, 0.3) is 0 Å². The van der Waals surface area contributed by atoms with Gasteiger partial charge in [0.2, 0.25) is 5.91 Å². The molecule has 0 aromatic carbocycles. The summed E-state index contributed by atoms with van der Waals surface area (Å²) < 4.78 is 1.33. The maximum absolute atomic E-state index is 11.4. The average molecular weight is 226 g/mol. The Morgan fingerprint density at radius 2 is 2.31 bits per heavy atom. The van der Waals surface area contributed by atoms with Crippen LogP contribution in [-0.2, 0) is 16.1 Å². The predicted molar refractivity (Wildman–Crippen MR) is 54.5 cm³/mol. The minimum atomic E-state index is -1.02. The molecular weight excluding hydrogens is 212 g/mol. The van der Waals surface area contributed by atoms with Crippen LogP contribution in [0.3, 0.4) is 0 Å². The maximum Gasteiger partial charge on any atom is 0.326 e. The van der Waals surface area contributed by atoms with Crippen LogP contribution in [0.4, 0.5) is 0 Å². The van der Waals surface area contributed by atoms with E-state index < -0.39 is 12.0 Å². The number of nitrogens with one attached hydrogen (secondary N) is 1. The van der Waals surface area contributed by atoms with Gasteiger partial charge in [-0.05, 0) is 6.42 Å². The molecule has 2 N–H and O–H groups in total. The third kappa shape index (κ3) is 3.68. The first kappa shape index (κ1) is 12.2. The molecule has 1 aromatic rings. The number of carbonyl (C=O) groups is 2. The third-order valence-corrected chi connectivity index (χ3v) is 1.98. The van der Waals surface area contributed by atoms with Crippen LogP contribution in [0, 0.1) is 0 Å². The van der Waals surface area contributed by atoms with Crippen LogP contribution in [0.1, 0.15) is 19.8 Å². The topological polar surface area (TPSA) is 97.1 Å². The van der Waals surface area contributed by atoms with Gasteiger partial charge in [0.1, 0.15) is 25.2 Å². The summed E-state index contributed by atoms with van der Waals surface area (Å²) >= 11 is 0. The van der Waals surface area contributed by atoms with E-state index in [1.54, 1.807) is 0 Å². The molecule has 7 nitrogen and oxygen atoms in total. The molecule has 0 bridgehead atoms. The predicted octanol–water partition coefficient (Wildman–Crippen LogP) is -0.352. The van der Waals surface area contributed by atoms with E-state index in [-0.39, 0.29) is 12.5 Å². The normalized spacial score (nSPS) is 12.1. The van der Waals surface area contributed by atoms with E-state index in [2.05, 4.69) is 15.4 Å². The molecule has 1 heterocycles. The fourth-order valence-electron chi connectivity index (χ4n) is 1.25. The second-order valence-electron chi connectivity index (χ2n) is 3.34. The van der Waals surface area contributed by atoms with Crippen molar-refractivity contribution >= 4 is 11.9 Å². The molecule has 16 heavy (non-hydrogen) atoms. The second-order valence-corrected chi connectivity index (χ2v) is 3.34. The zero-order chi connectivity index (χ0) is 12.0. The highest BCUT2D eigenvalue weighted by molar-refractivity contribution is 5.83. The number of carbonyl (C=O) groups excluding carboxylic acids is 1. The van der Waals surface area contributed by atoms with Gasteiger partial charge in [0.15, 0.2) is 0 Å². The number of aromatic nitrogens is 3. The summed E-state index contributed by atoms with van der Waals surface area (Å²) in [6.45, 7) is 1.84. The van der Waals surface area contributed by atoms with Crippen molar-refractivity contribution in [2.75, 3.05) is 0 Å². The smallest absolute Gasteiger partial charge is 0.326 e. The molecule has 1 amide bonds. The van der Waals surface area contributed by atoms with E-state index in [9.17, 15) is 9.59 Å². The van der Waals surface area contributed by atoms with E-state index in [0.29, 0.717) is 12.8 Å². The molecule has 0 fully saturated rings.